The predicted octanol–water partition coefficient (Wildman–Crippen LogP) is 3.87. The predicted molar refractivity (Wildman–Crippen MR) is 108 cm³/mol. The van der Waals surface area contributed by atoms with Gasteiger partial charge in [0.2, 0.25) is 5.91 Å². The van der Waals surface area contributed by atoms with Gasteiger partial charge in [-0.2, -0.15) is 0 Å². The highest BCUT2D eigenvalue weighted by Gasteiger charge is 2.30. The van der Waals surface area contributed by atoms with Crippen LogP contribution < -0.4 is 14.8 Å². The third-order valence-corrected chi connectivity index (χ3v) is 5.92. The van der Waals surface area contributed by atoms with Crippen molar-refractivity contribution in [1.29, 1.82) is 0 Å². The summed E-state index contributed by atoms with van der Waals surface area (Å²) >= 11 is 0. The summed E-state index contributed by atoms with van der Waals surface area (Å²) in [5.74, 6) is 1.98. The molecule has 2 atom stereocenters. The molecule has 1 aromatic carbocycles. The second-order valence-corrected chi connectivity index (χ2v) is 7.87. The van der Waals surface area contributed by atoms with Gasteiger partial charge in [0, 0.05) is 30.8 Å². The number of pyridine rings is 1. The number of hydrogen-bond donors (Lipinski definition) is 1. The van der Waals surface area contributed by atoms with Crippen LogP contribution in [0.4, 0.5) is 0 Å². The Morgan fingerprint density at radius 2 is 2.04 bits per heavy atom. The van der Waals surface area contributed by atoms with Crippen molar-refractivity contribution in [1.82, 2.24) is 10.3 Å². The van der Waals surface area contributed by atoms with Crippen molar-refractivity contribution in [2.45, 2.75) is 50.5 Å². The Balaban J connectivity index is 1.50. The molecule has 1 aliphatic carbocycles. The molecule has 2 aromatic rings. The van der Waals surface area contributed by atoms with Crippen LogP contribution in [-0.4, -0.2) is 30.6 Å². The molecule has 28 heavy (non-hydrogen) atoms. The Hall–Kier alpha value is -2.56. The summed E-state index contributed by atoms with van der Waals surface area (Å²) in [7, 11) is 1.68. The van der Waals surface area contributed by atoms with E-state index >= 15 is 0 Å². The molecule has 1 N–H and O–H groups in total. The molecule has 5 heteroatoms. The van der Waals surface area contributed by atoms with Crippen LogP contribution in [0.25, 0.3) is 0 Å². The number of carbonyl (C=O) groups is 1. The normalized spacial score (nSPS) is 22.7. The van der Waals surface area contributed by atoms with Crippen LogP contribution in [0.2, 0.25) is 0 Å². The first kappa shape index (κ1) is 18.8. The lowest BCUT2D eigenvalue weighted by atomic mass is 9.82. The van der Waals surface area contributed by atoms with Gasteiger partial charge in [0.15, 0.2) is 11.5 Å². The fourth-order valence-electron chi connectivity index (χ4n) is 4.36. The molecule has 2 heterocycles. The smallest absolute Gasteiger partial charge is 0.223 e. The van der Waals surface area contributed by atoms with E-state index in [2.05, 4.69) is 22.4 Å². The Morgan fingerprint density at radius 3 is 2.79 bits per heavy atom. The maximum absolute atomic E-state index is 12.4. The van der Waals surface area contributed by atoms with E-state index in [0.717, 1.165) is 42.7 Å². The van der Waals surface area contributed by atoms with Crippen LogP contribution >= 0.6 is 0 Å². The number of nitrogens with one attached hydrogen (secondary N) is 1. The van der Waals surface area contributed by atoms with E-state index in [1.54, 1.807) is 13.3 Å². The van der Waals surface area contributed by atoms with Gasteiger partial charge in [-0.25, -0.2) is 0 Å². The Morgan fingerprint density at radius 1 is 1.18 bits per heavy atom. The summed E-state index contributed by atoms with van der Waals surface area (Å²) in [4.78, 5) is 16.6. The van der Waals surface area contributed by atoms with Gasteiger partial charge in [-0.05, 0) is 67.9 Å². The topological polar surface area (TPSA) is 60.5 Å². The minimum absolute atomic E-state index is 0.0377. The van der Waals surface area contributed by atoms with Crippen molar-refractivity contribution >= 4 is 5.91 Å². The van der Waals surface area contributed by atoms with Crippen molar-refractivity contribution in [2.75, 3.05) is 13.7 Å². The first-order valence-electron chi connectivity index (χ1n) is 10.2. The van der Waals surface area contributed by atoms with Crippen molar-refractivity contribution in [2.24, 2.45) is 5.92 Å². The van der Waals surface area contributed by atoms with Crippen LogP contribution in [0.15, 0.2) is 42.7 Å². The van der Waals surface area contributed by atoms with Crippen LogP contribution in [-0.2, 0) is 11.2 Å². The van der Waals surface area contributed by atoms with Crippen molar-refractivity contribution in [3.05, 3.63) is 53.9 Å². The number of benzene rings is 1. The average molecular weight is 380 g/mol. The van der Waals surface area contributed by atoms with Crippen molar-refractivity contribution < 1.29 is 14.3 Å². The van der Waals surface area contributed by atoms with E-state index in [1.807, 2.05) is 24.4 Å². The molecule has 1 amide bonds. The van der Waals surface area contributed by atoms with Gasteiger partial charge in [0.1, 0.15) is 0 Å². The highest BCUT2D eigenvalue weighted by atomic mass is 16.5. The molecular formula is C23H28N2O3. The molecular weight excluding hydrogens is 352 g/mol. The number of amides is 1. The van der Waals surface area contributed by atoms with Crippen molar-refractivity contribution in [3.8, 4) is 11.5 Å². The second kappa shape index (κ2) is 8.63. The van der Waals surface area contributed by atoms with E-state index in [1.165, 1.54) is 18.4 Å². The molecule has 0 spiro atoms. The number of ether oxygens (including phenoxy) is 2. The lowest BCUT2D eigenvalue weighted by molar-refractivity contribution is -0.126. The molecule has 0 bridgehead atoms. The second-order valence-electron chi connectivity index (χ2n) is 7.87. The van der Waals surface area contributed by atoms with Crippen molar-refractivity contribution in [3.63, 3.8) is 0 Å². The molecule has 2 fully saturated rings. The summed E-state index contributed by atoms with van der Waals surface area (Å²) in [6, 6.07) is 10.2. The Kier molecular flexibility index (Phi) is 5.79. The van der Waals surface area contributed by atoms with Gasteiger partial charge >= 0.3 is 0 Å². The van der Waals surface area contributed by atoms with E-state index in [4.69, 9.17) is 9.47 Å². The zero-order valence-electron chi connectivity index (χ0n) is 16.4. The van der Waals surface area contributed by atoms with Gasteiger partial charge < -0.3 is 14.8 Å². The summed E-state index contributed by atoms with van der Waals surface area (Å²) in [6.45, 7) is 0.664. The number of nitrogens with zero attached hydrogens (tertiary/aromatic N) is 1. The highest BCUT2D eigenvalue weighted by Crippen LogP contribution is 2.37. The third-order valence-electron chi connectivity index (χ3n) is 5.92. The van der Waals surface area contributed by atoms with E-state index in [-0.39, 0.29) is 23.8 Å². The summed E-state index contributed by atoms with van der Waals surface area (Å²) in [5.41, 5.74) is 2.30. The maximum Gasteiger partial charge on any atom is 0.223 e. The molecule has 1 saturated heterocycles. The monoisotopic (exact) mass is 380 g/mol. The lowest BCUT2D eigenvalue weighted by Gasteiger charge is -2.30. The number of carbonyl (C=O) groups excluding carboxylic acids is 1. The van der Waals surface area contributed by atoms with E-state index < -0.39 is 0 Å². The molecule has 1 saturated carbocycles. The summed E-state index contributed by atoms with van der Waals surface area (Å²) in [6.07, 6.45) is 10.1. The Labute approximate surface area is 166 Å². The van der Waals surface area contributed by atoms with E-state index in [9.17, 15) is 4.79 Å². The zero-order valence-corrected chi connectivity index (χ0v) is 16.4. The van der Waals surface area contributed by atoms with Crippen LogP contribution in [0.5, 0.6) is 11.5 Å². The fraction of sp³-hybridized carbons (Fsp3) is 0.478. The van der Waals surface area contributed by atoms with Crippen LogP contribution in [0.3, 0.4) is 0 Å². The fourth-order valence-corrected chi connectivity index (χ4v) is 4.36. The molecule has 1 aromatic heterocycles. The zero-order chi connectivity index (χ0) is 19.3. The number of aromatic nitrogens is 1. The minimum atomic E-state index is -0.0377. The van der Waals surface area contributed by atoms with Crippen LogP contribution in [0.1, 0.15) is 49.1 Å². The van der Waals surface area contributed by atoms with Gasteiger partial charge in [-0.3, -0.25) is 9.78 Å². The first-order chi connectivity index (χ1) is 13.7. The number of piperidine rings is 1. The van der Waals surface area contributed by atoms with E-state index in [0.29, 0.717) is 6.54 Å². The lowest BCUT2D eigenvalue weighted by Crippen LogP contribution is -2.41. The number of rotatable bonds is 6. The maximum atomic E-state index is 12.4. The standard InChI is InChI=1S/C23H28N2O3/c1-27-21-9-8-17(13-22(21)28-20-6-2-3-7-20)19-12-18(23(26)25-15-19)11-16-5-4-10-24-14-16/h4-5,8-10,13-14,18-20H,2-3,6-7,11-12,15H2,1H3,(H,25,26)/t18-,19-/m1/s1. The van der Waals surface area contributed by atoms with Gasteiger partial charge in [-0.1, -0.05) is 12.1 Å². The quantitative estimate of drug-likeness (QED) is 0.826. The average Bonchev–Trinajstić information content (AvgIpc) is 3.23. The van der Waals surface area contributed by atoms with Crippen LogP contribution in [0, 0.1) is 5.92 Å². The van der Waals surface area contributed by atoms with Gasteiger partial charge in [0.25, 0.3) is 0 Å². The molecule has 1 aliphatic heterocycles. The molecule has 5 nitrogen and oxygen atoms in total. The number of methoxy groups -OCH3 is 1. The van der Waals surface area contributed by atoms with Gasteiger partial charge in [-0.15, -0.1) is 0 Å². The third kappa shape index (κ3) is 4.29. The van der Waals surface area contributed by atoms with Gasteiger partial charge in [0.05, 0.1) is 13.2 Å². The number of hydrogen-bond acceptors (Lipinski definition) is 4. The summed E-state index contributed by atoms with van der Waals surface area (Å²) < 4.78 is 11.8. The summed E-state index contributed by atoms with van der Waals surface area (Å²) in [5, 5.41) is 3.09. The minimum Gasteiger partial charge on any atom is -0.493 e. The molecule has 148 valence electrons. The largest absolute Gasteiger partial charge is 0.493 e. The molecule has 0 radical (unpaired) electrons. The molecule has 4 rings (SSSR count). The molecule has 2 aliphatic rings. The molecule has 0 unspecified atom stereocenters. The Bertz CT molecular complexity index is 803. The SMILES string of the molecule is COc1ccc([C@H]2CNC(=O)[C@H](Cc3cccnc3)C2)cc1OC1CCCC1. The first-order valence-corrected chi connectivity index (χ1v) is 10.2. The highest BCUT2D eigenvalue weighted by molar-refractivity contribution is 5.80.